The Kier molecular flexibility index (Phi) is 6.21. The maximum absolute atomic E-state index is 12.9. The summed E-state index contributed by atoms with van der Waals surface area (Å²) in [6, 6.07) is 7.07. The van der Waals surface area contributed by atoms with Gasteiger partial charge < -0.3 is 19.7 Å². The molecule has 2 unspecified atom stereocenters. The molecule has 40 heavy (non-hydrogen) atoms. The number of ether oxygens (including phenoxy) is 1. The van der Waals surface area contributed by atoms with E-state index in [1.54, 1.807) is 22.8 Å². The Balaban J connectivity index is 0.00000289. The van der Waals surface area contributed by atoms with E-state index in [1.165, 1.54) is 11.2 Å². The molecule has 7 rings (SSSR count). The zero-order chi connectivity index (χ0) is 27.1. The van der Waals surface area contributed by atoms with Gasteiger partial charge in [-0.25, -0.2) is 14.3 Å². The SMILES string of the molecule is CC1(C)C2C(=O)N(Cc3cc4c(-c5cc(C(=O)O)cc6ccn(C[C@@H]7CNCCO7)c56)ncnn4c3)C(=O)C21.Cl. The van der Waals surface area contributed by atoms with Gasteiger partial charge in [-0.1, -0.05) is 13.8 Å². The van der Waals surface area contributed by atoms with E-state index in [0.717, 1.165) is 29.6 Å². The van der Waals surface area contributed by atoms with Gasteiger partial charge >= 0.3 is 5.97 Å². The number of carboxylic acid groups (broad SMARTS) is 1. The zero-order valence-electron chi connectivity index (χ0n) is 22.0. The topological polar surface area (TPSA) is 131 Å². The Morgan fingerprint density at radius 1 is 1.20 bits per heavy atom. The Morgan fingerprint density at radius 3 is 2.67 bits per heavy atom. The monoisotopic (exact) mass is 564 g/mol. The van der Waals surface area contributed by atoms with Gasteiger partial charge in [0.05, 0.1) is 59.9 Å². The van der Waals surface area contributed by atoms with Crippen molar-refractivity contribution in [1.29, 1.82) is 0 Å². The summed E-state index contributed by atoms with van der Waals surface area (Å²) >= 11 is 0. The number of aromatic nitrogens is 4. The third-order valence-corrected chi connectivity index (χ3v) is 8.46. The Hall–Kier alpha value is -3.80. The largest absolute Gasteiger partial charge is 0.478 e. The van der Waals surface area contributed by atoms with Crippen molar-refractivity contribution in [3.8, 4) is 11.3 Å². The maximum Gasteiger partial charge on any atom is 0.335 e. The molecule has 0 spiro atoms. The number of aromatic carboxylic acids is 1. The van der Waals surface area contributed by atoms with E-state index >= 15 is 0 Å². The summed E-state index contributed by atoms with van der Waals surface area (Å²) in [4.78, 5) is 43.7. The number of nitrogens with zero attached hydrogens (tertiary/aromatic N) is 5. The number of carbonyl (C=O) groups is 3. The molecule has 3 fully saturated rings. The van der Waals surface area contributed by atoms with Crippen LogP contribution in [0.25, 0.3) is 27.7 Å². The van der Waals surface area contributed by atoms with Crippen LogP contribution in [-0.4, -0.2) is 72.8 Å². The number of carbonyl (C=O) groups excluding carboxylic acids is 2. The van der Waals surface area contributed by atoms with Crippen LogP contribution in [0, 0.1) is 17.3 Å². The number of halogens is 1. The average molecular weight is 565 g/mol. The highest BCUT2D eigenvalue weighted by Gasteiger charge is 2.72. The summed E-state index contributed by atoms with van der Waals surface area (Å²) < 4.78 is 9.65. The van der Waals surface area contributed by atoms with E-state index in [4.69, 9.17) is 4.74 Å². The molecule has 3 aliphatic rings. The molecular weight excluding hydrogens is 536 g/mol. The van der Waals surface area contributed by atoms with Crippen LogP contribution in [0.1, 0.15) is 29.8 Å². The van der Waals surface area contributed by atoms with Gasteiger partial charge in [0.1, 0.15) is 6.33 Å². The second-order valence-electron chi connectivity index (χ2n) is 11.3. The molecule has 11 nitrogen and oxygen atoms in total. The number of hydrogen-bond acceptors (Lipinski definition) is 7. The highest BCUT2D eigenvalue weighted by atomic mass is 35.5. The Bertz CT molecular complexity index is 1660. The molecule has 2 amide bonds. The average Bonchev–Trinajstić information content (AvgIpc) is 3.27. The van der Waals surface area contributed by atoms with Crippen LogP contribution in [0.15, 0.2) is 43.0 Å². The van der Waals surface area contributed by atoms with Gasteiger partial charge in [0, 0.05) is 36.4 Å². The lowest BCUT2D eigenvalue weighted by molar-refractivity contribution is -0.143. The second kappa shape index (κ2) is 9.39. The standard InChI is InChI=1S/C28H28N6O5.ClH/c1-28(2)21-22(28)26(36)33(25(21)35)11-15-7-20-23(30-14-31-34(20)12-15)19-9-17(27(37)38)8-16-3-5-32(24(16)19)13-18-10-29-4-6-39-18;/h3,5,7-9,12,14,18,21-22,29H,4,6,10-11,13H2,1-2H3,(H,37,38);1H/t18-,21?,22?;/m0./s1. The van der Waals surface area contributed by atoms with E-state index in [1.807, 2.05) is 32.2 Å². The van der Waals surface area contributed by atoms with Crippen LogP contribution in [-0.2, 0) is 27.4 Å². The first kappa shape index (κ1) is 26.4. The lowest BCUT2D eigenvalue weighted by Crippen LogP contribution is -2.40. The molecule has 5 heterocycles. The van der Waals surface area contributed by atoms with Gasteiger partial charge in [-0.15, -0.1) is 12.4 Å². The molecule has 3 aromatic heterocycles. The minimum Gasteiger partial charge on any atom is -0.478 e. The van der Waals surface area contributed by atoms with Crippen LogP contribution in [0.5, 0.6) is 0 Å². The summed E-state index contributed by atoms with van der Waals surface area (Å²) in [5, 5.41) is 18.3. The predicted molar refractivity (Wildman–Crippen MR) is 147 cm³/mol. The number of carboxylic acids is 1. The molecule has 208 valence electrons. The van der Waals surface area contributed by atoms with Gasteiger partial charge in [0.15, 0.2) is 0 Å². The van der Waals surface area contributed by atoms with E-state index in [2.05, 4.69) is 20.0 Å². The number of fused-ring (bicyclic) bond motifs is 3. The first-order valence-corrected chi connectivity index (χ1v) is 13.1. The molecule has 12 heteroatoms. The van der Waals surface area contributed by atoms with Crippen LogP contribution in [0.3, 0.4) is 0 Å². The van der Waals surface area contributed by atoms with Gasteiger partial charge in [-0.2, -0.15) is 5.10 Å². The molecule has 0 bridgehead atoms. The number of imide groups is 1. The quantitative estimate of drug-likeness (QED) is 0.342. The Labute approximate surface area is 235 Å². The number of nitrogens with one attached hydrogen (secondary N) is 1. The lowest BCUT2D eigenvalue weighted by atomic mass is 10.0. The van der Waals surface area contributed by atoms with E-state index in [9.17, 15) is 19.5 Å². The summed E-state index contributed by atoms with van der Waals surface area (Å²) in [6.45, 7) is 6.87. The van der Waals surface area contributed by atoms with Gasteiger partial charge in [0.2, 0.25) is 11.8 Å². The van der Waals surface area contributed by atoms with E-state index in [-0.39, 0.29) is 59.7 Å². The number of hydrogen-bond donors (Lipinski definition) is 2. The summed E-state index contributed by atoms with van der Waals surface area (Å²) in [6.07, 6.45) is 5.14. The zero-order valence-corrected chi connectivity index (χ0v) is 22.9. The number of amides is 2. The fraction of sp³-hybridized carbons (Fsp3) is 0.393. The minimum absolute atomic E-state index is 0. The summed E-state index contributed by atoms with van der Waals surface area (Å²) in [5.74, 6) is -1.74. The van der Waals surface area contributed by atoms with E-state index in [0.29, 0.717) is 29.9 Å². The molecule has 2 aliphatic heterocycles. The normalized spacial score (nSPS) is 23.4. The molecule has 1 aromatic carbocycles. The van der Waals surface area contributed by atoms with Crippen molar-refractivity contribution in [2.24, 2.45) is 17.3 Å². The second-order valence-corrected chi connectivity index (χ2v) is 11.3. The van der Waals surface area contributed by atoms with Crippen LogP contribution >= 0.6 is 12.4 Å². The number of morpholine rings is 1. The fourth-order valence-electron chi connectivity index (χ4n) is 6.38. The number of likely N-dealkylation sites (tertiary alicyclic amines) is 1. The van der Waals surface area contributed by atoms with Crippen LogP contribution in [0.2, 0.25) is 0 Å². The molecule has 0 radical (unpaired) electrons. The molecule has 1 aliphatic carbocycles. The van der Waals surface area contributed by atoms with Crippen molar-refractivity contribution in [1.82, 2.24) is 29.4 Å². The Morgan fingerprint density at radius 2 is 1.98 bits per heavy atom. The fourth-order valence-corrected chi connectivity index (χ4v) is 6.38. The highest BCUT2D eigenvalue weighted by Crippen LogP contribution is 2.63. The molecule has 4 aromatic rings. The van der Waals surface area contributed by atoms with Crippen molar-refractivity contribution in [2.75, 3.05) is 19.7 Å². The van der Waals surface area contributed by atoms with Gasteiger partial charge in [-0.05, 0) is 35.2 Å². The summed E-state index contributed by atoms with van der Waals surface area (Å²) in [5.41, 5.74) is 3.38. The highest BCUT2D eigenvalue weighted by molar-refractivity contribution is 6.10. The molecule has 2 saturated heterocycles. The van der Waals surface area contributed by atoms with Crippen LogP contribution < -0.4 is 5.32 Å². The third kappa shape index (κ3) is 3.99. The number of benzene rings is 1. The summed E-state index contributed by atoms with van der Waals surface area (Å²) in [7, 11) is 0. The van der Waals surface area contributed by atoms with Crippen molar-refractivity contribution in [3.63, 3.8) is 0 Å². The molecule has 3 atom stereocenters. The van der Waals surface area contributed by atoms with Crippen LogP contribution in [0.4, 0.5) is 0 Å². The number of rotatable bonds is 6. The predicted octanol–water partition coefficient (Wildman–Crippen LogP) is 2.60. The first-order valence-electron chi connectivity index (χ1n) is 13.1. The van der Waals surface area contributed by atoms with Crippen molar-refractivity contribution >= 4 is 46.6 Å². The smallest absolute Gasteiger partial charge is 0.335 e. The third-order valence-electron chi connectivity index (χ3n) is 8.46. The first-order chi connectivity index (χ1) is 18.7. The van der Waals surface area contributed by atoms with Crippen molar-refractivity contribution in [2.45, 2.75) is 33.0 Å². The molecule has 1 saturated carbocycles. The van der Waals surface area contributed by atoms with Crippen molar-refractivity contribution in [3.05, 3.63) is 54.1 Å². The molecular formula is C28H29ClN6O5. The maximum atomic E-state index is 12.9. The number of piperidine rings is 1. The van der Waals surface area contributed by atoms with Gasteiger partial charge in [0.25, 0.3) is 0 Å². The van der Waals surface area contributed by atoms with Crippen molar-refractivity contribution < 1.29 is 24.2 Å². The van der Waals surface area contributed by atoms with E-state index < -0.39 is 5.97 Å². The molecule has 2 N–H and O–H groups in total. The minimum atomic E-state index is -1.03. The van der Waals surface area contributed by atoms with Gasteiger partial charge in [-0.3, -0.25) is 14.5 Å². The lowest BCUT2D eigenvalue weighted by Gasteiger charge is -2.24.